The van der Waals surface area contributed by atoms with E-state index >= 15 is 0 Å². The molecule has 0 bridgehead atoms. The minimum Gasteiger partial charge on any atom is -0.385 e. The summed E-state index contributed by atoms with van der Waals surface area (Å²) in [6, 6.07) is 22.0. The molecule has 0 radical (unpaired) electrons. The summed E-state index contributed by atoms with van der Waals surface area (Å²) < 4.78 is 15.9. The molecule has 13 heteroatoms. The third-order valence-corrected chi connectivity index (χ3v) is 10.5. The maximum absolute atomic E-state index is 14.0. The molecule has 0 saturated carbocycles. The Morgan fingerprint density at radius 1 is 0.902 bits per heavy atom. The van der Waals surface area contributed by atoms with Gasteiger partial charge in [-0.25, -0.2) is 18.9 Å². The largest absolute Gasteiger partial charge is 0.385 e. The number of imidazole rings is 1. The molecule has 9 rings (SSSR count). The van der Waals surface area contributed by atoms with Gasteiger partial charge >= 0.3 is 0 Å². The van der Waals surface area contributed by atoms with Crippen molar-refractivity contribution in [3.63, 3.8) is 0 Å². The molecule has 258 valence electrons. The first-order valence-electron chi connectivity index (χ1n) is 17.5. The van der Waals surface area contributed by atoms with E-state index in [2.05, 4.69) is 25.4 Å². The minimum atomic E-state index is -0.621. The Morgan fingerprint density at radius 2 is 1.78 bits per heavy atom. The van der Waals surface area contributed by atoms with E-state index in [9.17, 15) is 18.8 Å². The van der Waals surface area contributed by atoms with Crippen molar-refractivity contribution in [2.24, 2.45) is 5.92 Å². The zero-order valence-corrected chi connectivity index (χ0v) is 27.8. The number of nitrogens with zero attached hydrogens (tertiary/aromatic N) is 7. The summed E-state index contributed by atoms with van der Waals surface area (Å²) in [5, 5.41) is 10.9. The molecule has 5 aromatic rings. The number of pyridine rings is 1. The first-order valence-corrected chi connectivity index (χ1v) is 17.5. The monoisotopic (exact) mass is 685 g/mol. The van der Waals surface area contributed by atoms with E-state index in [0.717, 1.165) is 84.5 Å². The molecule has 3 amide bonds. The van der Waals surface area contributed by atoms with Crippen molar-refractivity contribution in [3.05, 3.63) is 102 Å². The highest BCUT2D eigenvalue weighted by Crippen LogP contribution is 2.36. The molecule has 51 heavy (non-hydrogen) atoms. The molecule has 4 aliphatic rings. The molecule has 2 N–H and O–H groups in total. The smallest absolute Gasteiger partial charge is 0.255 e. The van der Waals surface area contributed by atoms with Crippen molar-refractivity contribution in [2.75, 3.05) is 41.3 Å². The number of amides is 3. The second kappa shape index (κ2) is 12.5. The predicted molar refractivity (Wildman–Crippen MR) is 189 cm³/mol. The number of carbonyl (C=O) groups excluding carboxylic acids is 3. The van der Waals surface area contributed by atoms with Crippen LogP contribution in [0.2, 0.25) is 0 Å². The van der Waals surface area contributed by atoms with E-state index in [1.54, 1.807) is 17.0 Å². The molecule has 0 spiro atoms. The summed E-state index contributed by atoms with van der Waals surface area (Å²) in [4.78, 5) is 52.7. The molecule has 4 aliphatic heterocycles. The first-order chi connectivity index (χ1) is 24.9. The lowest BCUT2D eigenvalue weighted by atomic mass is 9.99. The predicted octanol–water partition coefficient (Wildman–Crippen LogP) is 4.58. The molecule has 2 aromatic carbocycles. The molecular formula is C38H36FN9O3. The molecule has 3 fully saturated rings. The molecule has 3 saturated heterocycles. The van der Waals surface area contributed by atoms with Crippen LogP contribution < -0.4 is 20.4 Å². The van der Waals surface area contributed by atoms with Gasteiger partial charge in [0.1, 0.15) is 29.2 Å². The zero-order valence-electron chi connectivity index (χ0n) is 27.8. The van der Waals surface area contributed by atoms with Crippen LogP contribution in [0.1, 0.15) is 53.2 Å². The molecular weight excluding hydrogens is 649 g/mol. The minimum absolute atomic E-state index is 0.0650. The fourth-order valence-corrected chi connectivity index (χ4v) is 7.87. The Kier molecular flexibility index (Phi) is 7.63. The van der Waals surface area contributed by atoms with Crippen molar-refractivity contribution >= 4 is 40.7 Å². The van der Waals surface area contributed by atoms with Crippen LogP contribution in [0.15, 0.2) is 79.0 Å². The molecule has 0 aliphatic carbocycles. The maximum Gasteiger partial charge on any atom is 0.255 e. The van der Waals surface area contributed by atoms with Gasteiger partial charge in [0.05, 0.1) is 17.9 Å². The van der Waals surface area contributed by atoms with E-state index < -0.39 is 11.9 Å². The topological polar surface area (TPSA) is 128 Å². The number of halogens is 1. The highest BCUT2D eigenvalue weighted by Gasteiger charge is 2.39. The quantitative estimate of drug-likeness (QED) is 0.226. The maximum atomic E-state index is 14.0. The summed E-state index contributed by atoms with van der Waals surface area (Å²) in [6.07, 6.45) is 4.34. The fraction of sp³-hybridized carbons (Fsp3) is 0.316. The number of imide groups is 1. The third-order valence-electron chi connectivity index (χ3n) is 10.5. The van der Waals surface area contributed by atoms with E-state index in [1.807, 2.05) is 65.3 Å². The third kappa shape index (κ3) is 5.72. The SMILES string of the molecule is O=C1CCC(N2Cc3cc(NCC4CN(c5cccc(-c6cnc7ccc(N8CCCC8c8cccc(F)c8)nn67)n5)C4)ccc3C2=O)C(=O)N1. The van der Waals surface area contributed by atoms with Crippen LogP contribution in [0, 0.1) is 11.7 Å². The van der Waals surface area contributed by atoms with Crippen molar-refractivity contribution in [1.82, 2.24) is 29.8 Å². The average Bonchev–Trinajstić information content (AvgIpc) is 3.85. The first kappa shape index (κ1) is 31.2. The zero-order chi connectivity index (χ0) is 34.6. The number of hydrogen-bond donors (Lipinski definition) is 2. The summed E-state index contributed by atoms with van der Waals surface area (Å²) in [7, 11) is 0. The van der Waals surface area contributed by atoms with Gasteiger partial charge in [-0.1, -0.05) is 18.2 Å². The number of piperidine rings is 1. The van der Waals surface area contributed by atoms with Crippen LogP contribution in [0.4, 0.5) is 21.7 Å². The number of carbonyl (C=O) groups is 3. The molecule has 7 heterocycles. The van der Waals surface area contributed by atoms with E-state index in [0.29, 0.717) is 24.4 Å². The fourth-order valence-electron chi connectivity index (χ4n) is 7.87. The highest BCUT2D eigenvalue weighted by molar-refractivity contribution is 6.05. The van der Waals surface area contributed by atoms with Crippen molar-refractivity contribution in [2.45, 2.75) is 44.3 Å². The summed E-state index contributed by atoms with van der Waals surface area (Å²) >= 11 is 0. The second-order valence-corrected chi connectivity index (χ2v) is 13.8. The number of nitrogens with one attached hydrogen (secondary N) is 2. The van der Waals surface area contributed by atoms with Gasteiger partial charge in [-0.05, 0) is 85.0 Å². The molecule has 3 aromatic heterocycles. The van der Waals surface area contributed by atoms with Crippen LogP contribution in [-0.4, -0.2) is 74.4 Å². The van der Waals surface area contributed by atoms with Crippen molar-refractivity contribution in [3.8, 4) is 11.4 Å². The lowest BCUT2D eigenvalue weighted by Crippen LogP contribution is -2.52. The van der Waals surface area contributed by atoms with Gasteiger partial charge in [-0.15, -0.1) is 5.10 Å². The van der Waals surface area contributed by atoms with E-state index in [-0.39, 0.29) is 30.1 Å². The van der Waals surface area contributed by atoms with Crippen LogP contribution in [0.25, 0.3) is 17.0 Å². The van der Waals surface area contributed by atoms with Crippen LogP contribution in [0.5, 0.6) is 0 Å². The van der Waals surface area contributed by atoms with E-state index in [1.165, 1.54) is 6.07 Å². The molecule has 2 unspecified atom stereocenters. The lowest BCUT2D eigenvalue weighted by Gasteiger charge is -2.40. The lowest BCUT2D eigenvalue weighted by molar-refractivity contribution is -0.136. The number of hydrogen-bond acceptors (Lipinski definition) is 9. The molecule has 12 nitrogen and oxygen atoms in total. The van der Waals surface area contributed by atoms with Crippen LogP contribution in [0.3, 0.4) is 0 Å². The van der Waals surface area contributed by atoms with Crippen LogP contribution >= 0.6 is 0 Å². The standard InChI is InChI=1S/C38H36FN9O3/c39-26-5-1-4-24(16-26)30-7-3-15-46(30)35-13-12-33-41-19-32(48(33)44-35)29-6-2-8-34(42-29)45-20-23(21-45)18-40-27-9-10-28-25(17-27)22-47(38(28)51)31-11-14-36(49)43-37(31)50/h1-2,4-6,8-10,12-13,16-17,19,23,30-31,40H,3,7,11,14-15,18,20-22H2,(H,43,49,50). The second-order valence-electron chi connectivity index (χ2n) is 13.8. The average molecular weight is 686 g/mol. The van der Waals surface area contributed by atoms with Gasteiger partial charge in [-0.2, -0.15) is 0 Å². The Bertz CT molecular complexity index is 2200. The Labute approximate surface area is 293 Å². The van der Waals surface area contributed by atoms with Gasteiger partial charge in [0.15, 0.2) is 5.65 Å². The summed E-state index contributed by atoms with van der Waals surface area (Å²) in [5.41, 5.74) is 5.70. The van der Waals surface area contributed by atoms with E-state index in [4.69, 9.17) is 10.1 Å². The van der Waals surface area contributed by atoms with Crippen molar-refractivity contribution in [1.29, 1.82) is 0 Å². The highest BCUT2D eigenvalue weighted by atomic mass is 19.1. The van der Waals surface area contributed by atoms with Gasteiger partial charge in [-0.3, -0.25) is 19.7 Å². The number of aromatic nitrogens is 4. The van der Waals surface area contributed by atoms with Gasteiger partial charge in [0, 0.05) is 56.3 Å². The molecule has 2 atom stereocenters. The number of anilines is 3. The number of benzene rings is 2. The Hall–Kier alpha value is -5.85. The van der Waals surface area contributed by atoms with Gasteiger partial charge < -0.3 is 20.0 Å². The summed E-state index contributed by atoms with van der Waals surface area (Å²) in [5.74, 6) is 1.04. The number of rotatable bonds is 8. The normalized spacial score (nSPS) is 20.6. The Morgan fingerprint density at radius 3 is 2.65 bits per heavy atom. The number of fused-ring (bicyclic) bond motifs is 2. The van der Waals surface area contributed by atoms with Gasteiger partial charge in [0.25, 0.3) is 5.91 Å². The Balaban J connectivity index is 0.844. The van der Waals surface area contributed by atoms with Crippen LogP contribution in [-0.2, 0) is 16.1 Å². The van der Waals surface area contributed by atoms with Crippen molar-refractivity contribution < 1.29 is 18.8 Å². The summed E-state index contributed by atoms with van der Waals surface area (Å²) in [6.45, 7) is 3.67. The van der Waals surface area contributed by atoms with Gasteiger partial charge in [0.2, 0.25) is 11.8 Å².